The van der Waals surface area contributed by atoms with Crippen LogP contribution >= 0.6 is 0 Å². The van der Waals surface area contributed by atoms with Crippen LogP contribution in [0.5, 0.6) is 11.5 Å². The van der Waals surface area contributed by atoms with Crippen molar-refractivity contribution >= 4 is 0 Å². The fourth-order valence-electron chi connectivity index (χ4n) is 3.08. The van der Waals surface area contributed by atoms with Gasteiger partial charge in [0.25, 0.3) is 0 Å². The van der Waals surface area contributed by atoms with Gasteiger partial charge in [-0.05, 0) is 37.6 Å². The number of hydrogen-bond donors (Lipinski definition) is 1. The number of rotatable bonds is 8. The van der Waals surface area contributed by atoms with E-state index in [0.717, 1.165) is 22.9 Å². The smallest absolute Gasteiger partial charge is 0.130 e. The van der Waals surface area contributed by atoms with E-state index in [4.69, 9.17) is 9.47 Å². The first-order valence-corrected chi connectivity index (χ1v) is 9.17. The molecule has 0 saturated carbocycles. The minimum Gasteiger partial charge on any atom is -0.496 e. The molecule has 1 aromatic heterocycles. The molecule has 142 valence electrons. The van der Waals surface area contributed by atoms with Gasteiger partial charge >= 0.3 is 0 Å². The molecule has 5 nitrogen and oxygen atoms in total. The maximum Gasteiger partial charge on any atom is 0.130 e. The highest BCUT2D eigenvalue weighted by atomic mass is 16.5. The second kappa shape index (κ2) is 8.73. The zero-order valence-corrected chi connectivity index (χ0v) is 16.3. The average Bonchev–Trinajstić information content (AvgIpc) is 3.09. The van der Waals surface area contributed by atoms with Crippen LogP contribution in [0.3, 0.4) is 0 Å². The van der Waals surface area contributed by atoms with E-state index in [-0.39, 0.29) is 12.1 Å². The molecule has 3 rings (SSSR count). The standard InChI is InChI=1S/C22H27N3O2/c1-16(2)27-18-11-9-17(10-12-18)15-24-21(22-23-13-14-25(22)3)19-7-5-6-8-20(19)26-4/h5-14,16,21,24H,15H2,1-4H3. The maximum absolute atomic E-state index is 5.72. The molecule has 3 aromatic rings. The highest BCUT2D eigenvalue weighted by molar-refractivity contribution is 5.39. The van der Waals surface area contributed by atoms with Crippen molar-refractivity contribution in [1.82, 2.24) is 14.9 Å². The van der Waals surface area contributed by atoms with E-state index in [1.165, 1.54) is 5.56 Å². The van der Waals surface area contributed by atoms with Gasteiger partial charge in [0.05, 0.1) is 19.3 Å². The number of aromatic nitrogens is 2. The first-order chi connectivity index (χ1) is 13.1. The lowest BCUT2D eigenvalue weighted by molar-refractivity contribution is 0.242. The van der Waals surface area contributed by atoms with Gasteiger partial charge in [-0.1, -0.05) is 30.3 Å². The van der Waals surface area contributed by atoms with Crippen LogP contribution in [-0.4, -0.2) is 22.8 Å². The van der Waals surface area contributed by atoms with Crippen LogP contribution in [0.15, 0.2) is 60.9 Å². The highest BCUT2D eigenvalue weighted by Gasteiger charge is 2.21. The van der Waals surface area contributed by atoms with Gasteiger partial charge in [0, 0.05) is 31.5 Å². The number of nitrogens with zero attached hydrogens (tertiary/aromatic N) is 2. The molecule has 1 unspecified atom stereocenters. The van der Waals surface area contributed by atoms with Crippen LogP contribution in [-0.2, 0) is 13.6 Å². The van der Waals surface area contributed by atoms with E-state index in [1.807, 2.05) is 68.2 Å². The molecule has 0 aliphatic carbocycles. The minimum atomic E-state index is -0.0762. The Balaban J connectivity index is 1.81. The molecule has 0 radical (unpaired) electrons. The summed E-state index contributed by atoms with van der Waals surface area (Å²) in [5.74, 6) is 2.68. The van der Waals surface area contributed by atoms with Crippen molar-refractivity contribution < 1.29 is 9.47 Å². The first kappa shape index (κ1) is 19.0. The van der Waals surface area contributed by atoms with E-state index >= 15 is 0 Å². The SMILES string of the molecule is COc1ccccc1C(NCc1ccc(OC(C)C)cc1)c1nccn1C. The summed E-state index contributed by atoms with van der Waals surface area (Å²) in [5, 5.41) is 3.63. The van der Waals surface area contributed by atoms with E-state index < -0.39 is 0 Å². The quantitative estimate of drug-likeness (QED) is 0.653. The summed E-state index contributed by atoms with van der Waals surface area (Å²) in [6.45, 7) is 4.76. The van der Waals surface area contributed by atoms with Gasteiger partial charge in [-0.15, -0.1) is 0 Å². The van der Waals surface area contributed by atoms with Crippen LogP contribution in [0, 0.1) is 0 Å². The van der Waals surface area contributed by atoms with Crippen molar-refractivity contribution in [1.29, 1.82) is 0 Å². The van der Waals surface area contributed by atoms with E-state index in [9.17, 15) is 0 Å². The molecule has 1 heterocycles. The van der Waals surface area contributed by atoms with Gasteiger partial charge in [-0.2, -0.15) is 0 Å². The summed E-state index contributed by atoms with van der Waals surface area (Å²) in [6.07, 6.45) is 3.95. The Kier molecular flexibility index (Phi) is 6.14. The summed E-state index contributed by atoms with van der Waals surface area (Å²) in [5.41, 5.74) is 2.24. The number of ether oxygens (including phenoxy) is 2. The fourth-order valence-corrected chi connectivity index (χ4v) is 3.08. The molecule has 0 spiro atoms. The normalized spacial score (nSPS) is 12.2. The lowest BCUT2D eigenvalue weighted by atomic mass is 10.0. The van der Waals surface area contributed by atoms with Crippen molar-refractivity contribution in [2.24, 2.45) is 7.05 Å². The summed E-state index contributed by atoms with van der Waals surface area (Å²) in [4.78, 5) is 4.55. The number of methoxy groups -OCH3 is 1. The third-order valence-corrected chi connectivity index (χ3v) is 4.37. The van der Waals surface area contributed by atoms with Crippen molar-refractivity contribution in [3.63, 3.8) is 0 Å². The van der Waals surface area contributed by atoms with Crippen molar-refractivity contribution in [3.05, 3.63) is 77.9 Å². The van der Waals surface area contributed by atoms with Crippen LogP contribution in [0.1, 0.15) is 36.8 Å². The molecule has 2 aromatic carbocycles. The number of para-hydroxylation sites is 1. The topological polar surface area (TPSA) is 48.3 Å². The van der Waals surface area contributed by atoms with Gasteiger partial charge in [-0.25, -0.2) is 4.98 Å². The minimum absolute atomic E-state index is 0.0762. The van der Waals surface area contributed by atoms with E-state index in [1.54, 1.807) is 7.11 Å². The Bertz CT molecular complexity index is 856. The molecule has 1 N–H and O–H groups in total. The third kappa shape index (κ3) is 4.68. The summed E-state index contributed by atoms with van der Waals surface area (Å²) < 4.78 is 13.3. The second-order valence-corrected chi connectivity index (χ2v) is 6.76. The number of aryl methyl sites for hydroxylation is 1. The average molecular weight is 365 g/mol. The van der Waals surface area contributed by atoms with Crippen LogP contribution in [0.4, 0.5) is 0 Å². The van der Waals surface area contributed by atoms with Gasteiger partial charge in [0.1, 0.15) is 17.3 Å². The zero-order valence-electron chi connectivity index (χ0n) is 16.3. The molecule has 0 bridgehead atoms. The molecule has 0 amide bonds. The van der Waals surface area contributed by atoms with Crippen LogP contribution in [0.25, 0.3) is 0 Å². The Morgan fingerprint density at radius 3 is 2.44 bits per heavy atom. The Morgan fingerprint density at radius 2 is 1.81 bits per heavy atom. The molecule has 5 heteroatoms. The van der Waals surface area contributed by atoms with E-state index in [0.29, 0.717) is 6.54 Å². The largest absolute Gasteiger partial charge is 0.496 e. The summed E-state index contributed by atoms with van der Waals surface area (Å²) in [6, 6.07) is 16.2. The maximum atomic E-state index is 5.72. The molecule has 0 fully saturated rings. The van der Waals surface area contributed by atoms with Gasteiger partial charge in [0.15, 0.2) is 0 Å². The van der Waals surface area contributed by atoms with Crippen LogP contribution < -0.4 is 14.8 Å². The van der Waals surface area contributed by atoms with Crippen molar-refractivity contribution in [2.45, 2.75) is 32.5 Å². The molecule has 1 atom stereocenters. The molecule has 0 aliphatic heterocycles. The van der Waals surface area contributed by atoms with Crippen LogP contribution in [0.2, 0.25) is 0 Å². The van der Waals surface area contributed by atoms with Gasteiger partial charge in [0.2, 0.25) is 0 Å². The summed E-state index contributed by atoms with van der Waals surface area (Å²) in [7, 11) is 3.70. The number of nitrogens with one attached hydrogen (secondary N) is 1. The predicted octanol–water partition coefficient (Wildman–Crippen LogP) is 4.10. The Morgan fingerprint density at radius 1 is 1.07 bits per heavy atom. The number of benzene rings is 2. The molecule has 0 saturated heterocycles. The fraction of sp³-hybridized carbons (Fsp3) is 0.318. The Hall–Kier alpha value is -2.79. The molecular weight excluding hydrogens is 338 g/mol. The molecule has 0 aliphatic rings. The highest BCUT2D eigenvalue weighted by Crippen LogP contribution is 2.29. The Labute approximate surface area is 161 Å². The number of imidazole rings is 1. The van der Waals surface area contributed by atoms with Gasteiger partial charge in [-0.3, -0.25) is 5.32 Å². The first-order valence-electron chi connectivity index (χ1n) is 9.17. The third-order valence-electron chi connectivity index (χ3n) is 4.37. The van der Waals surface area contributed by atoms with Crippen molar-refractivity contribution in [3.8, 4) is 11.5 Å². The molecule has 27 heavy (non-hydrogen) atoms. The van der Waals surface area contributed by atoms with Gasteiger partial charge < -0.3 is 14.0 Å². The van der Waals surface area contributed by atoms with Crippen molar-refractivity contribution in [2.75, 3.05) is 7.11 Å². The lowest BCUT2D eigenvalue weighted by Gasteiger charge is -2.21. The van der Waals surface area contributed by atoms with E-state index in [2.05, 4.69) is 28.5 Å². The predicted molar refractivity (Wildman–Crippen MR) is 107 cm³/mol. The summed E-state index contributed by atoms with van der Waals surface area (Å²) >= 11 is 0. The zero-order chi connectivity index (χ0) is 19.2. The number of hydrogen-bond acceptors (Lipinski definition) is 4. The monoisotopic (exact) mass is 365 g/mol. The second-order valence-electron chi connectivity index (χ2n) is 6.76. The lowest BCUT2D eigenvalue weighted by Crippen LogP contribution is -2.25. The molecular formula is C22H27N3O2.